The molecule has 0 aromatic heterocycles. The average Bonchev–Trinajstić information content (AvgIpc) is 2.61. The highest BCUT2D eigenvalue weighted by Crippen LogP contribution is 2.32. The first-order chi connectivity index (χ1) is 11.2. The highest BCUT2D eigenvalue weighted by molar-refractivity contribution is 5.97. The minimum Gasteiger partial charge on any atom is -0.496 e. The molecule has 1 aliphatic heterocycles. The molecule has 120 valence electrons. The van der Waals surface area contributed by atoms with E-state index in [2.05, 4.69) is 5.32 Å². The number of hydrogen-bond donors (Lipinski definition) is 1. The summed E-state index contributed by atoms with van der Waals surface area (Å²) in [5.74, 6) is 1.83. The van der Waals surface area contributed by atoms with Gasteiger partial charge in [-0.25, -0.2) is 0 Å². The Kier molecular flexibility index (Phi) is 4.37. The molecule has 0 unspecified atom stereocenters. The second-order valence-corrected chi connectivity index (χ2v) is 5.30. The third kappa shape index (κ3) is 3.23. The molecule has 1 aliphatic rings. The zero-order valence-corrected chi connectivity index (χ0v) is 13.2. The van der Waals surface area contributed by atoms with E-state index in [4.69, 9.17) is 14.2 Å². The Morgan fingerprint density at radius 3 is 2.65 bits per heavy atom. The fourth-order valence-corrected chi connectivity index (χ4v) is 2.52. The number of nitrogens with one attached hydrogen (secondary N) is 1. The van der Waals surface area contributed by atoms with Crippen LogP contribution in [0, 0.1) is 0 Å². The van der Waals surface area contributed by atoms with Crippen LogP contribution in [0.1, 0.15) is 28.9 Å². The zero-order valence-electron chi connectivity index (χ0n) is 13.2. The Bertz CT molecular complexity index is 714. The molecule has 0 radical (unpaired) electrons. The van der Waals surface area contributed by atoms with Crippen LogP contribution in [0.5, 0.6) is 17.2 Å². The van der Waals surface area contributed by atoms with Crippen molar-refractivity contribution in [3.05, 3.63) is 53.6 Å². The van der Waals surface area contributed by atoms with Crippen molar-refractivity contribution >= 4 is 5.91 Å². The lowest BCUT2D eigenvalue weighted by atomic mass is 10.1. The maximum Gasteiger partial charge on any atom is 0.255 e. The summed E-state index contributed by atoms with van der Waals surface area (Å²) in [5, 5.41) is 2.98. The maximum absolute atomic E-state index is 12.4. The van der Waals surface area contributed by atoms with E-state index in [0.29, 0.717) is 30.3 Å². The summed E-state index contributed by atoms with van der Waals surface area (Å²) in [4.78, 5) is 12.4. The van der Waals surface area contributed by atoms with Gasteiger partial charge in [-0.2, -0.15) is 0 Å². The molecule has 3 rings (SSSR count). The molecule has 23 heavy (non-hydrogen) atoms. The standard InChI is InChI=1S/C18H19NO4/c1-12(13-7-8-16-17(11-13)23-10-9-22-16)19-18(20)14-5-3-4-6-15(14)21-2/h3-8,11-12H,9-10H2,1-2H3,(H,19,20)/t12-/m0/s1. The highest BCUT2D eigenvalue weighted by Gasteiger charge is 2.18. The minimum absolute atomic E-state index is 0.164. The van der Waals surface area contributed by atoms with Crippen LogP contribution in [-0.4, -0.2) is 26.2 Å². The second-order valence-electron chi connectivity index (χ2n) is 5.30. The third-order valence-electron chi connectivity index (χ3n) is 3.77. The van der Waals surface area contributed by atoms with Gasteiger partial charge < -0.3 is 19.5 Å². The zero-order chi connectivity index (χ0) is 16.2. The van der Waals surface area contributed by atoms with E-state index in [1.165, 1.54) is 0 Å². The summed E-state index contributed by atoms with van der Waals surface area (Å²) in [7, 11) is 1.55. The summed E-state index contributed by atoms with van der Waals surface area (Å²) in [5.41, 5.74) is 1.47. The molecule has 0 saturated carbocycles. The SMILES string of the molecule is COc1ccccc1C(=O)N[C@@H](C)c1ccc2c(c1)OCCO2. The molecule has 0 aliphatic carbocycles. The quantitative estimate of drug-likeness (QED) is 0.943. The first kappa shape index (κ1) is 15.2. The molecular formula is C18H19NO4. The van der Waals surface area contributed by atoms with E-state index < -0.39 is 0 Å². The molecule has 1 amide bonds. The second kappa shape index (κ2) is 6.60. The van der Waals surface area contributed by atoms with Crippen LogP contribution in [0.2, 0.25) is 0 Å². The van der Waals surface area contributed by atoms with E-state index in [0.717, 1.165) is 11.3 Å². The third-order valence-corrected chi connectivity index (χ3v) is 3.77. The molecule has 5 nitrogen and oxygen atoms in total. The molecule has 0 saturated heterocycles. The summed E-state index contributed by atoms with van der Waals surface area (Å²) in [6.45, 7) is 3.03. The van der Waals surface area contributed by atoms with Crippen LogP contribution in [0.3, 0.4) is 0 Å². The van der Waals surface area contributed by atoms with Gasteiger partial charge in [-0.1, -0.05) is 18.2 Å². The Morgan fingerprint density at radius 1 is 1.13 bits per heavy atom. The van der Waals surface area contributed by atoms with Crippen LogP contribution in [0.25, 0.3) is 0 Å². The number of para-hydroxylation sites is 1. The van der Waals surface area contributed by atoms with E-state index in [-0.39, 0.29) is 11.9 Å². The molecule has 0 bridgehead atoms. The van der Waals surface area contributed by atoms with Crippen LogP contribution >= 0.6 is 0 Å². The summed E-state index contributed by atoms with van der Waals surface area (Å²) in [6.07, 6.45) is 0. The number of methoxy groups -OCH3 is 1. The summed E-state index contributed by atoms with van der Waals surface area (Å²) < 4.78 is 16.3. The van der Waals surface area contributed by atoms with Gasteiger partial charge >= 0.3 is 0 Å². The first-order valence-electron chi connectivity index (χ1n) is 7.52. The van der Waals surface area contributed by atoms with Gasteiger partial charge in [0.15, 0.2) is 11.5 Å². The molecule has 1 atom stereocenters. The predicted molar refractivity (Wildman–Crippen MR) is 86.3 cm³/mol. The van der Waals surface area contributed by atoms with Crippen LogP contribution < -0.4 is 19.5 Å². The molecule has 1 N–H and O–H groups in total. The minimum atomic E-state index is -0.176. The lowest BCUT2D eigenvalue weighted by Gasteiger charge is -2.21. The van der Waals surface area contributed by atoms with Gasteiger partial charge in [0, 0.05) is 0 Å². The van der Waals surface area contributed by atoms with Crippen molar-refractivity contribution in [2.24, 2.45) is 0 Å². The van der Waals surface area contributed by atoms with Gasteiger partial charge in [0.1, 0.15) is 19.0 Å². The number of fused-ring (bicyclic) bond motifs is 1. The van der Waals surface area contributed by atoms with Crippen molar-refractivity contribution in [3.63, 3.8) is 0 Å². The Labute approximate surface area is 135 Å². The normalized spacial score (nSPS) is 14.0. The van der Waals surface area contributed by atoms with Gasteiger partial charge in [0.05, 0.1) is 18.7 Å². The van der Waals surface area contributed by atoms with Gasteiger partial charge in [0.25, 0.3) is 5.91 Å². The monoisotopic (exact) mass is 313 g/mol. The summed E-state index contributed by atoms with van der Waals surface area (Å²) in [6, 6.07) is 12.7. The molecular weight excluding hydrogens is 294 g/mol. The number of carbonyl (C=O) groups is 1. The molecule has 0 spiro atoms. The number of rotatable bonds is 4. The Hall–Kier alpha value is -2.69. The number of amides is 1. The molecule has 5 heteroatoms. The van der Waals surface area contributed by atoms with Crippen LogP contribution in [0.4, 0.5) is 0 Å². The van der Waals surface area contributed by atoms with Crippen LogP contribution in [-0.2, 0) is 0 Å². The fourth-order valence-electron chi connectivity index (χ4n) is 2.52. The Morgan fingerprint density at radius 2 is 1.87 bits per heavy atom. The van der Waals surface area contributed by atoms with E-state index in [1.54, 1.807) is 19.2 Å². The largest absolute Gasteiger partial charge is 0.496 e. The molecule has 0 fully saturated rings. The van der Waals surface area contributed by atoms with E-state index in [9.17, 15) is 4.79 Å². The topological polar surface area (TPSA) is 56.8 Å². The van der Waals surface area contributed by atoms with Crippen molar-refractivity contribution in [3.8, 4) is 17.2 Å². The Balaban J connectivity index is 1.76. The highest BCUT2D eigenvalue weighted by atomic mass is 16.6. The smallest absolute Gasteiger partial charge is 0.255 e. The van der Waals surface area contributed by atoms with Gasteiger partial charge in [-0.15, -0.1) is 0 Å². The van der Waals surface area contributed by atoms with Crippen molar-refractivity contribution in [2.75, 3.05) is 20.3 Å². The summed E-state index contributed by atoms with van der Waals surface area (Å²) >= 11 is 0. The van der Waals surface area contributed by atoms with Crippen molar-refractivity contribution in [1.29, 1.82) is 0 Å². The lowest BCUT2D eigenvalue weighted by molar-refractivity contribution is 0.0936. The lowest BCUT2D eigenvalue weighted by Crippen LogP contribution is -2.27. The number of carbonyl (C=O) groups excluding carboxylic acids is 1. The molecule has 2 aromatic carbocycles. The van der Waals surface area contributed by atoms with Gasteiger partial charge in [-0.3, -0.25) is 4.79 Å². The molecule has 2 aromatic rings. The van der Waals surface area contributed by atoms with Gasteiger partial charge in [-0.05, 0) is 36.8 Å². The molecule has 1 heterocycles. The van der Waals surface area contributed by atoms with Crippen molar-refractivity contribution < 1.29 is 19.0 Å². The van der Waals surface area contributed by atoms with Crippen molar-refractivity contribution in [2.45, 2.75) is 13.0 Å². The maximum atomic E-state index is 12.4. The fraction of sp³-hybridized carbons (Fsp3) is 0.278. The van der Waals surface area contributed by atoms with Crippen molar-refractivity contribution in [1.82, 2.24) is 5.32 Å². The average molecular weight is 313 g/mol. The van der Waals surface area contributed by atoms with E-state index in [1.807, 2.05) is 37.3 Å². The number of ether oxygens (including phenoxy) is 3. The first-order valence-corrected chi connectivity index (χ1v) is 7.52. The number of benzene rings is 2. The van der Waals surface area contributed by atoms with E-state index >= 15 is 0 Å². The van der Waals surface area contributed by atoms with Gasteiger partial charge in [0.2, 0.25) is 0 Å². The predicted octanol–water partition coefficient (Wildman–Crippen LogP) is 2.96. The number of hydrogen-bond acceptors (Lipinski definition) is 4. The van der Waals surface area contributed by atoms with Crippen LogP contribution in [0.15, 0.2) is 42.5 Å².